The molecule has 0 spiro atoms. The molecule has 0 amide bonds. The molecule has 6 heteroatoms. The first-order chi connectivity index (χ1) is 10.1. The lowest BCUT2D eigenvalue weighted by Crippen LogP contribution is -2.49. The Morgan fingerprint density at radius 3 is 2.67 bits per heavy atom. The van der Waals surface area contributed by atoms with Gasteiger partial charge < -0.3 is 0 Å². The summed E-state index contributed by atoms with van der Waals surface area (Å²) in [6.07, 6.45) is 4.41. The van der Waals surface area contributed by atoms with Crippen LogP contribution in [0.1, 0.15) is 25.7 Å². The molecular formula is C15H17N3O2S. The van der Waals surface area contributed by atoms with E-state index in [0.29, 0.717) is 22.6 Å². The fraction of sp³-hybridized carbons (Fsp3) is 0.533. The fourth-order valence-corrected chi connectivity index (χ4v) is 3.75. The number of hydrogen-bond donors (Lipinski definition) is 1. The molecule has 2 fully saturated rings. The Labute approximate surface area is 127 Å². The fourth-order valence-electron chi connectivity index (χ4n) is 2.52. The van der Waals surface area contributed by atoms with Crippen LogP contribution in [0.25, 0.3) is 0 Å². The van der Waals surface area contributed by atoms with Gasteiger partial charge in [0.15, 0.2) is 0 Å². The monoisotopic (exact) mass is 303 g/mol. The van der Waals surface area contributed by atoms with Gasteiger partial charge in [-0.1, -0.05) is 12.1 Å². The van der Waals surface area contributed by atoms with E-state index in [4.69, 9.17) is 0 Å². The maximum absolute atomic E-state index is 11.1. The van der Waals surface area contributed by atoms with E-state index in [9.17, 15) is 15.4 Å². The molecule has 1 N–H and O–H groups in total. The van der Waals surface area contributed by atoms with Crippen LogP contribution < -0.4 is 5.32 Å². The third-order valence-electron chi connectivity index (χ3n) is 4.03. The van der Waals surface area contributed by atoms with Crippen molar-refractivity contribution in [2.75, 3.05) is 5.75 Å². The molecule has 1 unspecified atom stereocenters. The lowest BCUT2D eigenvalue weighted by atomic mass is 9.97. The van der Waals surface area contributed by atoms with Crippen LogP contribution in [0.15, 0.2) is 29.2 Å². The summed E-state index contributed by atoms with van der Waals surface area (Å²) in [6, 6.07) is 9.67. The van der Waals surface area contributed by atoms with Gasteiger partial charge in [-0.05, 0) is 37.7 Å². The molecule has 0 saturated heterocycles. The summed E-state index contributed by atoms with van der Waals surface area (Å²) >= 11 is 1.42. The SMILES string of the molecule is N#CC(CSc1ccccc1[N+](=O)[O-])(NC1CC1)C1CC1. The Balaban J connectivity index is 1.75. The molecule has 0 radical (unpaired) electrons. The van der Waals surface area contributed by atoms with E-state index in [2.05, 4.69) is 11.4 Å². The van der Waals surface area contributed by atoms with Gasteiger partial charge in [0, 0.05) is 17.9 Å². The number of hydrogen-bond acceptors (Lipinski definition) is 5. The minimum absolute atomic E-state index is 0.122. The molecule has 110 valence electrons. The highest BCUT2D eigenvalue weighted by atomic mass is 32.2. The molecule has 2 saturated carbocycles. The first-order valence-corrected chi connectivity index (χ1v) is 8.18. The van der Waals surface area contributed by atoms with Crippen LogP contribution in [-0.4, -0.2) is 22.3 Å². The maximum Gasteiger partial charge on any atom is 0.282 e. The highest BCUT2D eigenvalue weighted by molar-refractivity contribution is 7.99. The average Bonchev–Trinajstić information content (AvgIpc) is 3.37. The molecule has 0 bridgehead atoms. The normalized spacial score (nSPS) is 20.5. The maximum atomic E-state index is 11.1. The molecule has 21 heavy (non-hydrogen) atoms. The number of nitro groups is 1. The molecule has 0 aliphatic heterocycles. The summed E-state index contributed by atoms with van der Waals surface area (Å²) in [5.74, 6) is 0.952. The zero-order valence-corrected chi connectivity index (χ0v) is 12.4. The minimum atomic E-state index is -0.532. The number of rotatable bonds is 7. The highest BCUT2D eigenvalue weighted by Crippen LogP contribution is 2.44. The van der Waals surface area contributed by atoms with Crippen LogP contribution in [0.2, 0.25) is 0 Å². The summed E-state index contributed by atoms with van der Waals surface area (Å²) in [6.45, 7) is 0. The predicted molar refractivity (Wildman–Crippen MR) is 81.0 cm³/mol. The summed E-state index contributed by atoms with van der Waals surface area (Å²) in [4.78, 5) is 11.3. The number of benzene rings is 1. The second-order valence-corrected chi connectivity index (χ2v) is 6.81. The summed E-state index contributed by atoms with van der Waals surface area (Å²) in [5, 5.41) is 24.2. The van der Waals surface area contributed by atoms with Crippen LogP contribution in [-0.2, 0) is 0 Å². The molecule has 1 aromatic carbocycles. The van der Waals surface area contributed by atoms with Crippen molar-refractivity contribution in [3.8, 4) is 6.07 Å². The summed E-state index contributed by atoms with van der Waals surface area (Å²) < 4.78 is 0. The second-order valence-electron chi connectivity index (χ2n) is 5.79. The number of nitro benzene ring substituents is 1. The first-order valence-electron chi connectivity index (χ1n) is 7.20. The van der Waals surface area contributed by atoms with Gasteiger partial charge in [0.2, 0.25) is 0 Å². The third-order valence-corrected chi connectivity index (χ3v) is 5.29. The Kier molecular flexibility index (Phi) is 3.87. The molecule has 2 aliphatic rings. The Morgan fingerprint density at radius 2 is 2.10 bits per heavy atom. The van der Waals surface area contributed by atoms with Crippen molar-refractivity contribution < 1.29 is 4.92 Å². The number of nitrogens with one attached hydrogen (secondary N) is 1. The van der Waals surface area contributed by atoms with E-state index < -0.39 is 5.54 Å². The molecule has 0 heterocycles. The average molecular weight is 303 g/mol. The molecule has 1 atom stereocenters. The second kappa shape index (κ2) is 5.66. The van der Waals surface area contributed by atoms with Crippen molar-refractivity contribution >= 4 is 17.4 Å². The van der Waals surface area contributed by atoms with E-state index in [1.807, 2.05) is 0 Å². The van der Waals surface area contributed by atoms with Gasteiger partial charge in [-0.2, -0.15) is 5.26 Å². The van der Waals surface area contributed by atoms with Crippen molar-refractivity contribution in [1.29, 1.82) is 5.26 Å². The molecule has 2 aliphatic carbocycles. The quantitative estimate of drug-likeness (QED) is 0.475. The zero-order valence-electron chi connectivity index (χ0n) is 11.6. The molecule has 5 nitrogen and oxygen atoms in total. The molecule has 3 rings (SSSR count). The number of thioether (sulfide) groups is 1. The number of para-hydroxylation sites is 1. The molecule has 0 aromatic heterocycles. The standard InChI is InChI=1S/C15H17N3O2S/c16-9-15(11-5-6-11,17-12-7-8-12)10-21-14-4-2-1-3-13(14)18(19)20/h1-4,11-12,17H,5-8,10H2. The van der Waals surface area contributed by atoms with Gasteiger partial charge in [-0.3, -0.25) is 15.4 Å². The van der Waals surface area contributed by atoms with Crippen LogP contribution in [0.5, 0.6) is 0 Å². The summed E-state index contributed by atoms with van der Waals surface area (Å²) in [7, 11) is 0. The largest absolute Gasteiger partial charge is 0.296 e. The Bertz CT molecular complexity index is 593. The Hall–Kier alpha value is -1.58. The predicted octanol–water partition coefficient (Wildman–Crippen LogP) is 3.11. The Morgan fingerprint density at radius 1 is 1.38 bits per heavy atom. The number of nitrogens with zero attached hydrogens (tertiary/aromatic N) is 2. The van der Waals surface area contributed by atoms with Crippen LogP contribution in [0.3, 0.4) is 0 Å². The van der Waals surface area contributed by atoms with Crippen molar-refractivity contribution in [2.24, 2.45) is 5.92 Å². The van der Waals surface area contributed by atoms with Gasteiger partial charge in [0.25, 0.3) is 5.69 Å². The topological polar surface area (TPSA) is 79.0 Å². The van der Waals surface area contributed by atoms with Gasteiger partial charge in [0.1, 0.15) is 5.54 Å². The smallest absolute Gasteiger partial charge is 0.282 e. The summed E-state index contributed by atoms with van der Waals surface area (Å²) in [5.41, 5.74) is -0.410. The van der Waals surface area contributed by atoms with Crippen LogP contribution >= 0.6 is 11.8 Å². The van der Waals surface area contributed by atoms with Crippen molar-refractivity contribution in [3.63, 3.8) is 0 Å². The van der Waals surface area contributed by atoms with Gasteiger partial charge >= 0.3 is 0 Å². The van der Waals surface area contributed by atoms with Gasteiger partial charge in [-0.15, -0.1) is 11.8 Å². The van der Waals surface area contributed by atoms with E-state index in [1.54, 1.807) is 18.2 Å². The van der Waals surface area contributed by atoms with Gasteiger partial charge in [-0.25, -0.2) is 0 Å². The van der Waals surface area contributed by atoms with E-state index in [-0.39, 0.29) is 10.6 Å². The van der Waals surface area contributed by atoms with E-state index in [0.717, 1.165) is 25.7 Å². The van der Waals surface area contributed by atoms with E-state index >= 15 is 0 Å². The molecule has 1 aromatic rings. The van der Waals surface area contributed by atoms with E-state index in [1.165, 1.54) is 17.8 Å². The lowest BCUT2D eigenvalue weighted by Gasteiger charge is -2.27. The van der Waals surface area contributed by atoms with Crippen molar-refractivity contribution in [3.05, 3.63) is 34.4 Å². The van der Waals surface area contributed by atoms with Crippen LogP contribution in [0, 0.1) is 27.4 Å². The van der Waals surface area contributed by atoms with Gasteiger partial charge in [0.05, 0.1) is 15.9 Å². The minimum Gasteiger partial charge on any atom is -0.296 e. The lowest BCUT2D eigenvalue weighted by molar-refractivity contribution is -0.387. The number of nitriles is 1. The van der Waals surface area contributed by atoms with Crippen molar-refractivity contribution in [2.45, 2.75) is 42.2 Å². The first kappa shape index (κ1) is 14.4. The van der Waals surface area contributed by atoms with Crippen molar-refractivity contribution in [1.82, 2.24) is 5.32 Å². The zero-order chi connectivity index (χ0) is 14.9. The highest BCUT2D eigenvalue weighted by Gasteiger charge is 2.48. The molecular weight excluding hydrogens is 286 g/mol. The van der Waals surface area contributed by atoms with Crippen LogP contribution in [0.4, 0.5) is 5.69 Å². The third kappa shape index (κ3) is 3.20.